The van der Waals surface area contributed by atoms with Crippen LogP contribution in [0.2, 0.25) is 0 Å². The van der Waals surface area contributed by atoms with Crippen molar-refractivity contribution in [2.24, 2.45) is 0 Å². The number of fused-ring (bicyclic) bond motifs is 2. The number of rotatable bonds is 7. The first kappa shape index (κ1) is 31.3. The molecule has 0 aromatic heterocycles. The molecule has 0 spiro atoms. The molecule has 0 saturated heterocycles. The van der Waals surface area contributed by atoms with Crippen molar-refractivity contribution in [3.63, 3.8) is 0 Å². The summed E-state index contributed by atoms with van der Waals surface area (Å²) in [6, 6.07) is 3.55. The van der Waals surface area contributed by atoms with Crippen molar-refractivity contribution in [2.75, 3.05) is 13.1 Å². The predicted molar refractivity (Wildman–Crippen MR) is 158 cm³/mol. The summed E-state index contributed by atoms with van der Waals surface area (Å²) in [5.41, 5.74) is -1.66. The summed E-state index contributed by atoms with van der Waals surface area (Å²) >= 11 is 0. The highest BCUT2D eigenvalue weighted by molar-refractivity contribution is 5.82. The molecule has 5 rings (SSSR count). The minimum Gasteiger partial charge on any atom is -0.490 e. The monoisotopic (exact) mass is 615 g/mol. The molecule has 1 fully saturated rings. The van der Waals surface area contributed by atoms with Crippen molar-refractivity contribution in [3.05, 3.63) is 61.8 Å². The van der Waals surface area contributed by atoms with Crippen molar-refractivity contribution >= 4 is 17.1 Å². The van der Waals surface area contributed by atoms with Crippen molar-refractivity contribution in [3.8, 4) is 17.3 Å². The molecule has 1 N–H and O–H groups in total. The number of H-pyrrole nitrogens is 1. The summed E-state index contributed by atoms with van der Waals surface area (Å²) in [7, 11) is 0. The molecule has 44 heavy (non-hydrogen) atoms. The minimum atomic E-state index is -4.58. The number of aryl methyl sites for hydroxylation is 1. The van der Waals surface area contributed by atoms with Crippen molar-refractivity contribution in [1.82, 2.24) is 24.4 Å². The van der Waals surface area contributed by atoms with Crippen LogP contribution < -0.4 is 16.0 Å². The van der Waals surface area contributed by atoms with Gasteiger partial charge in [0, 0.05) is 25.7 Å². The largest absolute Gasteiger partial charge is 0.490 e. The number of allylic oxidation sites excluding steroid dienone is 2. The van der Waals surface area contributed by atoms with Crippen LogP contribution in [0.25, 0.3) is 22.6 Å². The fourth-order valence-corrected chi connectivity index (χ4v) is 5.63. The van der Waals surface area contributed by atoms with E-state index in [0.717, 1.165) is 37.3 Å². The van der Waals surface area contributed by atoms with E-state index in [0.29, 0.717) is 23.2 Å². The number of hydrogen-bond donors (Lipinski definition) is 1. The lowest BCUT2D eigenvalue weighted by molar-refractivity contribution is -0.0903. The molecule has 0 radical (unpaired) electrons. The third-order valence-corrected chi connectivity index (χ3v) is 7.67. The summed E-state index contributed by atoms with van der Waals surface area (Å²) in [6.07, 6.45) is 1.97. The van der Waals surface area contributed by atoms with Gasteiger partial charge < -0.3 is 18.9 Å². The number of benzene rings is 1. The van der Waals surface area contributed by atoms with Crippen LogP contribution in [0.4, 0.5) is 18.0 Å². The molecule has 2 aliphatic carbocycles. The lowest BCUT2D eigenvalue weighted by atomic mass is 9.97. The smallest absolute Gasteiger partial charge is 0.416 e. The molecule has 1 saturated carbocycles. The topological polar surface area (TPSA) is 119 Å². The van der Waals surface area contributed by atoms with Crippen LogP contribution in [0.15, 0.2) is 45.0 Å². The van der Waals surface area contributed by atoms with Crippen LogP contribution in [0.1, 0.15) is 64.9 Å². The summed E-state index contributed by atoms with van der Waals surface area (Å²) in [6.45, 7) is 6.38. The number of nitrogens with one attached hydrogen (secondary N) is 1. The molecule has 0 unspecified atom stereocenters. The van der Waals surface area contributed by atoms with E-state index in [1.807, 2.05) is 6.92 Å². The van der Waals surface area contributed by atoms with Crippen LogP contribution in [0, 0.1) is 6.92 Å². The van der Waals surface area contributed by atoms with Gasteiger partial charge in [-0.3, -0.25) is 9.78 Å². The average Bonchev–Trinajstić information content (AvgIpc) is 3.43. The summed E-state index contributed by atoms with van der Waals surface area (Å²) in [5, 5.41) is 0. The Hall–Kier alpha value is -4.16. The number of nitrogens with zero attached hydrogens (tertiary/aromatic N) is 4. The summed E-state index contributed by atoms with van der Waals surface area (Å²) in [5.74, 6) is 0.599. The number of alkyl halides is 3. The molecule has 0 atom stereocenters. The van der Waals surface area contributed by atoms with Crippen LogP contribution in [-0.2, 0) is 11.3 Å². The van der Waals surface area contributed by atoms with E-state index in [2.05, 4.69) is 15.0 Å². The average molecular weight is 616 g/mol. The van der Waals surface area contributed by atoms with Gasteiger partial charge in [-0.05, 0) is 83.4 Å². The second-order valence-corrected chi connectivity index (χ2v) is 12.3. The zero-order valence-corrected chi connectivity index (χ0v) is 25.2. The second kappa shape index (κ2) is 12.1. The Kier molecular flexibility index (Phi) is 8.59. The van der Waals surface area contributed by atoms with Crippen molar-refractivity contribution < 1.29 is 27.4 Å². The van der Waals surface area contributed by atoms with Crippen molar-refractivity contribution in [1.29, 1.82) is 0 Å². The number of aromatic nitrogens is 4. The highest BCUT2D eigenvalue weighted by Crippen LogP contribution is 2.35. The Balaban J connectivity index is 1.57. The molecule has 2 heterocycles. The molecule has 4 aliphatic rings. The number of halogens is 3. The summed E-state index contributed by atoms with van der Waals surface area (Å²) in [4.78, 5) is 50.3. The standard InChI is InChI=1S/C31H36F3N5O5/c1-18-15-22-23(16-24(18)43-20-10-6-7-11-20)39(26-25(35-22)27(40)37-28(41)36-26)14-13-38(29(42)44-30(2,3)4)17-19-9-5-8-12-21(19)31(32,33)34/h9,12,15-16,20H,5-8,10-11,13-14,17H2,1-4H3,(H,37,40,41). The highest BCUT2D eigenvalue weighted by atomic mass is 19.4. The van der Waals surface area contributed by atoms with Crippen LogP contribution >= 0.6 is 0 Å². The Morgan fingerprint density at radius 1 is 1.09 bits per heavy atom. The molecular formula is C31H36F3N5O5. The van der Waals surface area contributed by atoms with Gasteiger partial charge in [0.1, 0.15) is 11.4 Å². The number of carbonyl (C=O) groups is 1. The number of aromatic amines is 1. The maximum atomic E-state index is 13.9. The van der Waals surface area contributed by atoms with Gasteiger partial charge in [0.05, 0.1) is 22.7 Å². The van der Waals surface area contributed by atoms with Crippen LogP contribution in [-0.4, -0.2) is 61.5 Å². The lowest BCUT2D eigenvalue weighted by Gasteiger charge is -2.30. The minimum absolute atomic E-state index is 0.0150. The number of ether oxygens (including phenoxy) is 2. The van der Waals surface area contributed by atoms with E-state index in [1.54, 1.807) is 37.5 Å². The molecule has 236 valence electrons. The predicted octanol–water partition coefficient (Wildman–Crippen LogP) is 5.66. The van der Waals surface area contributed by atoms with Gasteiger partial charge in [-0.25, -0.2) is 14.6 Å². The molecule has 2 aliphatic heterocycles. The molecule has 1 aromatic carbocycles. The van der Waals surface area contributed by atoms with Gasteiger partial charge in [-0.15, -0.1) is 0 Å². The van der Waals surface area contributed by atoms with E-state index in [-0.39, 0.29) is 49.3 Å². The Morgan fingerprint density at radius 3 is 2.48 bits per heavy atom. The third kappa shape index (κ3) is 6.97. The van der Waals surface area contributed by atoms with E-state index in [1.165, 1.54) is 11.0 Å². The van der Waals surface area contributed by atoms with Gasteiger partial charge in [0.25, 0.3) is 5.56 Å². The molecule has 10 nitrogen and oxygen atoms in total. The Bertz CT molecular complexity index is 1710. The normalized spacial score (nSPS) is 16.2. The molecule has 0 bridgehead atoms. The van der Waals surface area contributed by atoms with Crippen molar-refractivity contribution in [2.45, 2.75) is 90.6 Å². The van der Waals surface area contributed by atoms with Crippen LogP contribution in [0.5, 0.6) is 5.75 Å². The highest BCUT2D eigenvalue weighted by Gasteiger charge is 2.37. The number of carbonyl (C=O) groups excluding carboxylic acids is 1. The van der Waals surface area contributed by atoms with Gasteiger partial charge >= 0.3 is 18.0 Å². The van der Waals surface area contributed by atoms with Gasteiger partial charge in [0.15, 0.2) is 11.5 Å². The maximum absolute atomic E-state index is 13.9. The molecule has 1 aromatic rings. The Morgan fingerprint density at radius 2 is 1.80 bits per heavy atom. The SMILES string of the molecule is Cc1cc2nc3c(=O)[nH]c(=O)nc-3n(CCN(CC3=CCCC=C3C(F)(F)F)C(=O)OC(C)(C)C)c2cc1OC1CCCC1. The first-order valence-corrected chi connectivity index (χ1v) is 14.8. The van der Waals surface area contributed by atoms with Gasteiger partial charge in [-0.1, -0.05) is 12.2 Å². The number of amides is 1. The Labute approximate surface area is 251 Å². The maximum Gasteiger partial charge on any atom is 0.416 e. The second-order valence-electron chi connectivity index (χ2n) is 12.3. The first-order chi connectivity index (χ1) is 20.7. The van der Waals surface area contributed by atoms with E-state index < -0.39 is 34.7 Å². The van der Waals surface area contributed by atoms with E-state index >= 15 is 0 Å². The fraction of sp³-hybridized carbons (Fsp3) is 0.516. The molecule has 13 heteroatoms. The molecular weight excluding hydrogens is 579 g/mol. The van der Waals surface area contributed by atoms with E-state index in [4.69, 9.17) is 9.47 Å². The summed E-state index contributed by atoms with van der Waals surface area (Å²) < 4.78 is 55.1. The zero-order chi connectivity index (χ0) is 31.8. The van der Waals surface area contributed by atoms with Gasteiger partial charge in [0.2, 0.25) is 0 Å². The lowest BCUT2D eigenvalue weighted by Crippen LogP contribution is -2.41. The van der Waals surface area contributed by atoms with Gasteiger partial charge in [-0.2, -0.15) is 18.2 Å². The number of hydrogen-bond acceptors (Lipinski definition) is 7. The first-order valence-electron chi connectivity index (χ1n) is 14.8. The van der Waals surface area contributed by atoms with E-state index in [9.17, 15) is 27.6 Å². The fourth-order valence-electron chi connectivity index (χ4n) is 5.63. The zero-order valence-electron chi connectivity index (χ0n) is 25.2. The quantitative estimate of drug-likeness (QED) is 0.341. The van der Waals surface area contributed by atoms with Crippen LogP contribution in [0.3, 0.4) is 0 Å². The third-order valence-electron chi connectivity index (χ3n) is 7.67. The molecule has 1 amide bonds.